The van der Waals surface area contributed by atoms with Gasteiger partial charge in [0.1, 0.15) is 6.07 Å². The van der Waals surface area contributed by atoms with Gasteiger partial charge < -0.3 is 0 Å². The maximum absolute atomic E-state index is 12.3. The van der Waals surface area contributed by atoms with E-state index in [9.17, 15) is 13.2 Å². The number of benzene rings is 1. The van der Waals surface area contributed by atoms with Gasteiger partial charge in [-0.05, 0) is 6.07 Å². The lowest BCUT2D eigenvalue weighted by Gasteiger charge is -2.05. The lowest BCUT2D eigenvalue weighted by molar-refractivity contribution is -0.144. The molecule has 16 heavy (non-hydrogen) atoms. The van der Waals surface area contributed by atoms with Crippen LogP contribution in [0, 0.1) is 11.3 Å². The summed E-state index contributed by atoms with van der Waals surface area (Å²) in [7, 11) is 0. The fourth-order valence-corrected chi connectivity index (χ4v) is 1.28. The van der Waals surface area contributed by atoms with Gasteiger partial charge in [0.05, 0.1) is 11.1 Å². The first kappa shape index (κ1) is 10.4. The van der Waals surface area contributed by atoms with Crippen molar-refractivity contribution in [3.8, 4) is 6.07 Å². The number of nitriles is 1. The molecule has 0 saturated carbocycles. The standard InChI is InChI=1S/C10H4F3N3/c11-10(12,13)9-15-5-7-3-1-2-6(4-14)8(7)16-9/h1-3,5H. The van der Waals surface area contributed by atoms with Crippen molar-refractivity contribution in [1.29, 1.82) is 5.26 Å². The van der Waals surface area contributed by atoms with E-state index in [2.05, 4.69) is 9.97 Å². The fraction of sp³-hybridized carbons (Fsp3) is 0.100. The molecule has 1 aromatic carbocycles. The highest BCUT2D eigenvalue weighted by molar-refractivity contribution is 5.83. The Bertz CT molecular complexity index is 584. The van der Waals surface area contributed by atoms with Crippen molar-refractivity contribution in [3.05, 3.63) is 35.8 Å². The zero-order valence-electron chi connectivity index (χ0n) is 7.78. The van der Waals surface area contributed by atoms with E-state index in [1.807, 2.05) is 0 Å². The molecule has 0 bridgehead atoms. The molecule has 3 nitrogen and oxygen atoms in total. The third-order valence-corrected chi connectivity index (χ3v) is 1.98. The largest absolute Gasteiger partial charge is 0.451 e. The molecule has 0 fully saturated rings. The van der Waals surface area contributed by atoms with Crippen LogP contribution in [0.4, 0.5) is 13.2 Å². The molecule has 1 aromatic heterocycles. The van der Waals surface area contributed by atoms with Gasteiger partial charge in [-0.3, -0.25) is 0 Å². The summed E-state index contributed by atoms with van der Waals surface area (Å²) in [6.45, 7) is 0. The monoisotopic (exact) mass is 223 g/mol. The van der Waals surface area contributed by atoms with Crippen LogP contribution in [-0.2, 0) is 6.18 Å². The highest BCUT2D eigenvalue weighted by Gasteiger charge is 2.34. The number of alkyl halides is 3. The van der Waals surface area contributed by atoms with Crippen molar-refractivity contribution in [2.45, 2.75) is 6.18 Å². The molecule has 80 valence electrons. The van der Waals surface area contributed by atoms with E-state index in [1.165, 1.54) is 6.07 Å². The second-order valence-corrected chi connectivity index (χ2v) is 3.05. The smallest absolute Gasteiger partial charge is 0.232 e. The third-order valence-electron chi connectivity index (χ3n) is 1.98. The number of hydrogen-bond donors (Lipinski definition) is 0. The van der Waals surface area contributed by atoms with E-state index < -0.39 is 12.0 Å². The molecule has 0 N–H and O–H groups in total. The fourth-order valence-electron chi connectivity index (χ4n) is 1.28. The summed E-state index contributed by atoms with van der Waals surface area (Å²) in [6.07, 6.45) is -3.54. The Morgan fingerprint density at radius 1 is 1.25 bits per heavy atom. The zero-order valence-corrected chi connectivity index (χ0v) is 7.78. The second-order valence-electron chi connectivity index (χ2n) is 3.05. The van der Waals surface area contributed by atoms with Gasteiger partial charge in [-0.2, -0.15) is 18.4 Å². The summed E-state index contributed by atoms with van der Waals surface area (Å²) in [4.78, 5) is 6.57. The summed E-state index contributed by atoms with van der Waals surface area (Å²) in [6, 6.07) is 6.32. The Kier molecular flexibility index (Phi) is 2.23. The van der Waals surface area contributed by atoms with E-state index in [0.29, 0.717) is 5.39 Å². The Balaban J connectivity index is 2.75. The quantitative estimate of drug-likeness (QED) is 0.689. The molecule has 6 heteroatoms. The summed E-state index contributed by atoms with van der Waals surface area (Å²) >= 11 is 0. The van der Waals surface area contributed by atoms with Crippen LogP contribution < -0.4 is 0 Å². The topological polar surface area (TPSA) is 49.6 Å². The minimum atomic E-state index is -4.60. The van der Waals surface area contributed by atoms with Gasteiger partial charge in [0.2, 0.25) is 5.82 Å². The predicted octanol–water partition coefficient (Wildman–Crippen LogP) is 2.52. The lowest BCUT2D eigenvalue weighted by Crippen LogP contribution is -2.10. The van der Waals surface area contributed by atoms with E-state index in [4.69, 9.17) is 5.26 Å². The predicted molar refractivity (Wildman–Crippen MR) is 49.3 cm³/mol. The SMILES string of the molecule is N#Cc1cccc2cnc(C(F)(F)F)nc12. The van der Waals surface area contributed by atoms with Gasteiger partial charge in [-0.1, -0.05) is 12.1 Å². The number of rotatable bonds is 0. The zero-order chi connectivity index (χ0) is 11.8. The van der Waals surface area contributed by atoms with Crippen molar-refractivity contribution in [2.75, 3.05) is 0 Å². The first-order chi connectivity index (χ1) is 7.52. The number of hydrogen-bond acceptors (Lipinski definition) is 3. The van der Waals surface area contributed by atoms with Crippen molar-refractivity contribution in [1.82, 2.24) is 9.97 Å². The molecule has 1 heterocycles. The molecule has 0 saturated heterocycles. The van der Waals surface area contributed by atoms with Gasteiger partial charge >= 0.3 is 6.18 Å². The molecule has 0 unspecified atom stereocenters. The van der Waals surface area contributed by atoms with Gasteiger partial charge in [-0.15, -0.1) is 0 Å². The minimum absolute atomic E-state index is 0.0207. The molecule has 0 amide bonds. The van der Waals surface area contributed by atoms with E-state index >= 15 is 0 Å². The van der Waals surface area contributed by atoms with Crippen LogP contribution in [0.25, 0.3) is 10.9 Å². The Morgan fingerprint density at radius 2 is 2.00 bits per heavy atom. The molecule has 0 radical (unpaired) electrons. The van der Waals surface area contributed by atoms with Crippen molar-refractivity contribution in [2.24, 2.45) is 0 Å². The number of nitrogens with zero attached hydrogens (tertiary/aromatic N) is 3. The maximum atomic E-state index is 12.3. The van der Waals surface area contributed by atoms with Gasteiger partial charge in [0, 0.05) is 11.6 Å². The minimum Gasteiger partial charge on any atom is -0.232 e. The Hall–Kier alpha value is -2.16. The second kappa shape index (κ2) is 3.45. The van der Waals surface area contributed by atoms with Gasteiger partial charge in [0.15, 0.2) is 0 Å². The van der Waals surface area contributed by atoms with Gasteiger partial charge in [0.25, 0.3) is 0 Å². The van der Waals surface area contributed by atoms with Crippen LogP contribution in [0.1, 0.15) is 11.4 Å². The van der Waals surface area contributed by atoms with Crippen molar-refractivity contribution in [3.63, 3.8) is 0 Å². The highest BCUT2D eigenvalue weighted by Crippen LogP contribution is 2.27. The van der Waals surface area contributed by atoms with E-state index in [0.717, 1.165) is 6.20 Å². The van der Waals surface area contributed by atoms with Gasteiger partial charge in [-0.25, -0.2) is 9.97 Å². The summed E-state index contributed by atoms with van der Waals surface area (Å²) in [5.41, 5.74) is 0.123. The molecule has 0 aliphatic heterocycles. The molecular formula is C10H4F3N3. The van der Waals surface area contributed by atoms with E-state index in [1.54, 1.807) is 18.2 Å². The average molecular weight is 223 g/mol. The highest BCUT2D eigenvalue weighted by atomic mass is 19.4. The van der Waals surface area contributed by atoms with Crippen LogP contribution in [0.15, 0.2) is 24.4 Å². The van der Waals surface area contributed by atoms with Crippen molar-refractivity contribution < 1.29 is 13.2 Å². The molecule has 2 aromatic rings. The van der Waals surface area contributed by atoms with Crippen LogP contribution in [0.5, 0.6) is 0 Å². The summed E-state index contributed by atoms with van der Waals surface area (Å²) < 4.78 is 37.0. The number of halogens is 3. The van der Waals surface area contributed by atoms with Crippen LogP contribution in [0.3, 0.4) is 0 Å². The van der Waals surface area contributed by atoms with Crippen molar-refractivity contribution >= 4 is 10.9 Å². The summed E-state index contributed by atoms with van der Waals surface area (Å²) in [5, 5.41) is 9.15. The van der Waals surface area contributed by atoms with Crippen LogP contribution in [-0.4, -0.2) is 9.97 Å². The summed E-state index contributed by atoms with van der Waals surface area (Å²) in [5.74, 6) is -1.23. The average Bonchev–Trinajstić information content (AvgIpc) is 2.26. The number of para-hydroxylation sites is 1. The first-order valence-electron chi connectivity index (χ1n) is 4.25. The number of aromatic nitrogens is 2. The first-order valence-corrected chi connectivity index (χ1v) is 4.25. The lowest BCUT2D eigenvalue weighted by atomic mass is 10.1. The van der Waals surface area contributed by atoms with Crippen LogP contribution in [0.2, 0.25) is 0 Å². The Morgan fingerprint density at radius 3 is 2.62 bits per heavy atom. The van der Waals surface area contributed by atoms with E-state index in [-0.39, 0.29) is 11.1 Å². The molecule has 0 aliphatic rings. The molecule has 2 rings (SSSR count). The normalized spacial score (nSPS) is 11.4. The third kappa shape index (κ3) is 1.67. The Labute approximate surface area is 88.2 Å². The molecule has 0 atom stereocenters. The number of fused-ring (bicyclic) bond motifs is 1. The molecular weight excluding hydrogens is 219 g/mol. The molecule has 0 aliphatic carbocycles. The molecule has 0 spiro atoms. The maximum Gasteiger partial charge on any atom is 0.451 e. The van der Waals surface area contributed by atoms with Crippen LogP contribution >= 0.6 is 0 Å².